The predicted molar refractivity (Wildman–Crippen MR) is 76.7 cm³/mol. The first-order chi connectivity index (χ1) is 9.41. The van der Waals surface area contributed by atoms with Gasteiger partial charge in [0.05, 0.1) is 25.4 Å². The number of hydrogen-bond donors (Lipinski definition) is 0. The number of hydrogen-bond acceptors (Lipinski definition) is 4. The van der Waals surface area contributed by atoms with E-state index in [0.717, 1.165) is 12.8 Å². The predicted octanol–water partition coefficient (Wildman–Crippen LogP) is 2.59. The van der Waals surface area contributed by atoms with Gasteiger partial charge in [-0.2, -0.15) is 0 Å². The molecule has 0 aromatic carbocycles. The van der Waals surface area contributed by atoms with E-state index in [4.69, 9.17) is 14.2 Å². The molecule has 0 spiro atoms. The summed E-state index contributed by atoms with van der Waals surface area (Å²) in [6, 6.07) is 0. The summed E-state index contributed by atoms with van der Waals surface area (Å²) in [5.74, 6) is 0.849. The Bertz CT molecular complexity index is 339. The lowest BCUT2D eigenvalue weighted by Gasteiger charge is -2.43. The van der Waals surface area contributed by atoms with Crippen LogP contribution in [0.3, 0.4) is 0 Å². The third-order valence-electron chi connectivity index (χ3n) is 4.36. The lowest BCUT2D eigenvalue weighted by atomic mass is 9.71. The lowest BCUT2D eigenvalue weighted by Crippen LogP contribution is -2.53. The van der Waals surface area contributed by atoms with E-state index in [1.165, 1.54) is 6.42 Å². The Kier molecular flexibility index (Phi) is 5.21. The normalized spacial score (nSPS) is 36.7. The van der Waals surface area contributed by atoms with Crippen LogP contribution in [-0.2, 0) is 19.0 Å². The summed E-state index contributed by atoms with van der Waals surface area (Å²) < 4.78 is 16.7. The minimum Gasteiger partial charge on any atom is -0.382 e. The molecular formula is C16H28O4. The molecule has 0 aromatic rings. The molecule has 116 valence electrons. The maximum atomic E-state index is 11.6. The fraction of sp³-hybridized carbons (Fsp3) is 0.938. The van der Waals surface area contributed by atoms with Crippen LogP contribution in [0.25, 0.3) is 0 Å². The summed E-state index contributed by atoms with van der Waals surface area (Å²) in [4.78, 5) is 11.6. The number of ketones is 1. The Hall–Kier alpha value is -0.450. The van der Waals surface area contributed by atoms with Crippen LogP contribution in [-0.4, -0.2) is 44.4 Å². The average molecular weight is 284 g/mol. The Morgan fingerprint density at radius 2 is 2.00 bits per heavy atom. The van der Waals surface area contributed by atoms with Crippen LogP contribution in [0.2, 0.25) is 0 Å². The molecule has 2 rings (SSSR count). The van der Waals surface area contributed by atoms with Gasteiger partial charge in [-0.25, -0.2) is 0 Å². The van der Waals surface area contributed by atoms with Gasteiger partial charge in [0, 0.05) is 13.5 Å². The highest BCUT2D eigenvalue weighted by Gasteiger charge is 2.44. The van der Waals surface area contributed by atoms with Gasteiger partial charge in [0.15, 0.2) is 5.78 Å². The lowest BCUT2D eigenvalue weighted by molar-refractivity contribution is -0.181. The van der Waals surface area contributed by atoms with Crippen molar-refractivity contribution in [2.75, 3.05) is 20.3 Å². The van der Waals surface area contributed by atoms with E-state index < -0.39 is 0 Å². The molecule has 20 heavy (non-hydrogen) atoms. The van der Waals surface area contributed by atoms with Crippen molar-refractivity contribution < 1.29 is 19.0 Å². The first kappa shape index (κ1) is 15.9. The first-order valence-corrected chi connectivity index (χ1v) is 7.70. The standard InChI is InChI=1S/C16H28O4/c1-11-7-12(10-16(2,3)9-11)20-14-8-13(17)15(14)19-6-5-18-4/h11-12,14-15H,5-10H2,1-4H3. The number of ether oxygens (including phenoxy) is 3. The second-order valence-electron chi connectivity index (χ2n) is 7.16. The fourth-order valence-corrected chi connectivity index (χ4v) is 3.66. The topological polar surface area (TPSA) is 44.8 Å². The minimum absolute atomic E-state index is 0.0505. The molecular weight excluding hydrogens is 256 g/mol. The number of methoxy groups -OCH3 is 1. The van der Waals surface area contributed by atoms with Crippen LogP contribution in [0.4, 0.5) is 0 Å². The van der Waals surface area contributed by atoms with Crippen molar-refractivity contribution in [1.29, 1.82) is 0 Å². The summed E-state index contributed by atoms with van der Waals surface area (Å²) in [6.07, 6.45) is 3.77. The van der Waals surface area contributed by atoms with E-state index in [9.17, 15) is 4.79 Å². The largest absolute Gasteiger partial charge is 0.382 e. The number of carbonyl (C=O) groups excluding carboxylic acids is 1. The minimum atomic E-state index is -0.370. The van der Waals surface area contributed by atoms with Crippen LogP contribution < -0.4 is 0 Å². The number of rotatable bonds is 6. The van der Waals surface area contributed by atoms with Crippen LogP contribution >= 0.6 is 0 Å². The van der Waals surface area contributed by atoms with Crippen LogP contribution in [0.1, 0.15) is 46.5 Å². The third-order valence-corrected chi connectivity index (χ3v) is 4.36. The Balaban J connectivity index is 1.81. The van der Waals surface area contributed by atoms with Crippen LogP contribution in [0.15, 0.2) is 0 Å². The molecule has 0 heterocycles. The van der Waals surface area contributed by atoms with Crippen molar-refractivity contribution in [3.8, 4) is 0 Å². The van der Waals surface area contributed by atoms with Crippen molar-refractivity contribution in [3.63, 3.8) is 0 Å². The van der Waals surface area contributed by atoms with Gasteiger partial charge in [-0.15, -0.1) is 0 Å². The highest BCUT2D eigenvalue weighted by atomic mass is 16.6. The van der Waals surface area contributed by atoms with Gasteiger partial charge in [0.2, 0.25) is 0 Å². The molecule has 0 aliphatic heterocycles. The molecule has 0 amide bonds. The average Bonchev–Trinajstić information content (AvgIpc) is 2.31. The maximum absolute atomic E-state index is 11.6. The van der Waals surface area contributed by atoms with Gasteiger partial charge >= 0.3 is 0 Å². The molecule has 0 bridgehead atoms. The highest BCUT2D eigenvalue weighted by molar-refractivity contribution is 5.90. The zero-order chi connectivity index (χ0) is 14.8. The van der Waals surface area contributed by atoms with Crippen molar-refractivity contribution >= 4 is 5.78 Å². The van der Waals surface area contributed by atoms with Gasteiger partial charge in [0.1, 0.15) is 6.10 Å². The summed E-state index contributed by atoms with van der Waals surface area (Å²) in [6.45, 7) is 7.87. The molecule has 0 radical (unpaired) electrons. The quantitative estimate of drug-likeness (QED) is 0.703. The van der Waals surface area contributed by atoms with Crippen LogP contribution in [0.5, 0.6) is 0 Å². The van der Waals surface area contributed by atoms with E-state index in [2.05, 4.69) is 20.8 Å². The molecule has 2 aliphatic carbocycles. The van der Waals surface area contributed by atoms with E-state index in [0.29, 0.717) is 31.0 Å². The molecule has 4 atom stereocenters. The third kappa shape index (κ3) is 4.03. The Morgan fingerprint density at radius 3 is 2.60 bits per heavy atom. The van der Waals surface area contributed by atoms with E-state index in [1.54, 1.807) is 7.11 Å². The van der Waals surface area contributed by atoms with Crippen molar-refractivity contribution in [2.45, 2.75) is 64.8 Å². The molecule has 0 N–H and O–H groups in total. The van der Waals surface area contributed by atoms with E-state index in [-0.39, 0.29) is 24.1 Å². The molecule has 4 nitrogen and oxygen atoms in total. The van der Waals surface area contributed by atoms with E-state index in [1.807, 2.05) is 0 Å². The zero-order valence-electron chi connectivity index (χ0n) is 13.2. The molecule has 2 saturated carbocycles. The molecule has 0 saturated heterocycles. The van der Waals surface area contributed by atoms with Crippen molar-refractivity contribution in [1.82, 2.24) is 0 Å². The number of Topliss-reactive ketones (excluding diaryl/α,β-unsaturated/α-hetero) is 1. The zero-order valence-corrected chi connectivity index (χ0v) is 13.2. The smallest absolute Gasteiger partial charge is 0.166 e. The number of carbonyl (C=O) groups is 1. The van der Waals surface area contributed by atoms with Gasteiger partial charge in [-0.05, 0) is 30.6 Å². The SMILES string of the molecule is COCCOC1C(=O)CC1OC1CC(C)CC(C)(C)C1. The van der Waals surface area contributed by atoms with Gasteiger partial charge in [0.25, 0.3) is 0 Å². The summed E-state index contributed by atoms with van der Waals surface area (Å²) >= 11 is 0. The van der Waals surface area contributed by atoms with Gasteiger partial charge in [-0.1, -0.05) is 20.8 Å². The van der Waals surface area contributed by atoms with Crippen molar-refractivity contribution in [2.24, 2.45) is 11.3 Å². The molecule has 4 heteroatoms. The Morgan fingerprint density at radius 1 is 1.25 bits per heavy atom. The highest BCUT2D eigenvalue weighted by Crippen LogP contribution is 2.41. The summed E-state index contributed by atoms with van der Waals surface area (Å²) in [5, 5.41) is 0. The maximum Gasteiger partial charge on any atom is 0.166 e. The second kappa shape index (κ2) is 6.54. The second-order valence-corrected chi connectivity index (χ2v) is 7.16. The van der Waals surface area contributed by atoms with Crippen LogP contribution in [0, 0.1) is 11.3 Å². The van der Waals surface area contributed by atoms with E-state index >= 15 is 0 Å². The van der Waals surface area contributed by atoms with Gasteiger partial charge in [-0.3, -0.25) is 4.79 Å². The summed E-state index contributed by atoms with van der Waals surface area (Å²) in [5.41, 5.74) is 0.336. The molecule has 2 fully saturated rings. The molecule has 0 aromatic heterocycles. The van der Waals surface area contributed by atoms with Crippen molar-refractivity contribution in [3.05, 3.63) is 0 Å². The molecule has 2 aliphatic rings. The Labute approximate surface area is 122 Å². The fourth-order valence-electron chi connectivity index (χ4n) is 3.66. The summed E-state index contributed by atoms with van der Waals surface area (Å²) in [7, 11) is 1.63. The monoisotopic (exact) mass is 284 g/mol. The van der Waals surface area contributed by atoms with Gasteiger partial charge < -0.3 is 14.2 Å². The first-order valence-electron chi connectivity index (χ1n) is 7.70. The molecule has 4 unspecified atom stereocenters.